The van der Waals surface area contributed by atoms with Gasteiger partial charge in [-0.1, -0.05) is 33.6 Å². The lowest BCUT2D eigenvalue weighted by Gasteiger charge is -2.04. The molecule has 0 saturated heterocycles. The monoisotopic (exact) mass is 376 g/mol. The minimum atomic E-state index is 0.0951. The second kappa shape index (κ2) is 5.78. The van der Waals surface area contributed by atoms with Crippen molar-refractivity contribution in [2.24, 2.45) is 4.99 Å². The fraction of sp³-hybridized carbons (Fsp3) is 0.118. The molecule has 0 amide bonds. The van der Waals surface area contributed by atoms with Crippen LogP contribution in [-0.2, 0) is 0 Å². The maximum absolute atomic E-state index is 10.1. The lowest BCUT2D eigenvalue weighted by molar-refractivity contribution is 0.457. The molecule has 0 fully saturated rings. The normalized spacial score (nSPS) is 11.6. The third-order valence-electron chi connectivity index (χ3n) is 3.50. The number of nitrogens with one attached hydrogen (secondary N) is 1. The van der Waals surface area contributed by atoms with Crippen LogP contribution in [0.2, 0.25) is 5.02 Å². The van der Waals surface area contributed by atoms with Crippen molar-refractivity contribution in [2.75, 3.05) is 0 Å². The summed E-state index contributed by atoms with van der Waals surface area (Å²) in [5.41, 5.74) is 4.32. The summed E-state index contributed by atoms with van der Waals surface area (Å²) in [5, 5.41) is 11.6. The molecule has 0 aliphatic heterocycles. The number of nitrogens with zero attached hydrogens (tertiary/aromatic N) is 1. The van der Waals surface area contributed by atoms with Crippen LogP contribution in [0.5, 0.6) is 5.88 Å². The zero-order valence-corrected chi connectivity index (χ0v) is 14.5. The molecule has 0 aliphatic carbocycles. The van der Waals surface area contributed by atoms with Crippen LogP contribution in [0, 0.1) is 13.8 Å². The predicted molar refractivity (Wildman–Crippen MR) is 95.8 cm³/mol. The van der Waals surface area contributed by atoms with E-state index in [1.807, 2.05) is 44.2 Å². The Hall–Kier alpha value is -1.78. The number of aromatic hydroxyl groups is 1. The van der Waals surface area contributed by atoms with Gasteiger partial charge >= 0.3 is 0 Å². The standard InChI is InChI=1S/C17H14BrClN2O/c1-9-5-10(2)16(14(19)6-9)20-8-13-12-7-11(18)3-4-15(12)21-17(13)22/h3-8,21-22H,1-2H3. The molecule has 3 aromatic rings. The highest BCUT2D eigenvalue weighted by Crippen LogP contribution is 2.32. The average molecular weight is 378 g/mol. The summed E-state index contributed by atoms with van der Waals surface area (Å²) >= 11 is 9.71. The van der Waals surface area contributed by atoms with Gasteiger partial charge in [-0.25, -0.2) is 0 Å². The van der Waals surface area contributed by atoms with Crippen molar-refractivity contribution < 1.29 is 5.11 Å². The van der Waals surface area contributed by atoms with Gasteiger partial charge in [0, 0.05) is 21.6 Å². The van der Waals surface area contributed by atoms with E-state index < -0.39 is 0 Å². The van der Waals surface area contributed by atoms with Gasteiger partial charge < -0.3 is 10.1 Å². The first-order valence-corrected chi connectivity index (χ1v) is 7.94. The maximum Gasteiger partial charge on any atom is 0.198 e. The van der Waals surface area contributed by atoms with Gasteiger partial charge in [0.2, 0.25) is 0 Å². The van der Waals surface area contributed by atoms with Crippen LogP contribution >= 0.6 is 27.5 Å². The van der Waals surface area contributed by atoms with E-state index in [1.165, 1.54) is 0 Å². The average Bonchev–Trinajstić information content (AvgIpc) is 2.73. The summed E-state index contributed by atoms with van der Waals surface area (Å²) in [6.07, 6.45) is 1.64. The van der Waals surface area contributed by atoms with Crippen LogP contribution in [0.4, 0.5) is 5.69 Å². The largest absolute Gasteiger partial charge is 0.494 e. The number of benzene rings is 2. The van der Waals surface area contributed by atoms with E-state index in [-0.39, 0.29) is 5.88 Å². The number of hydrogen-bond acceptors (Lipinski definition) is 2. The van der Waals surface area contributed by atoms with Crippen molar-refractivity contribution in [1.82, 2.24) is 4.98 Å². The summed E-state index contributed by atoms with van der Waals surface area (Å²) < 4.78 is 0.943. The molecule has 0 spiro atoms. The van der Waals surface area contributed by atoms with Crippen molar-refractivity contribution >= 4 is 50.3 Å². The number of aromatic nitrogens is 1. The molecular weight excluding hydrogens is 364 g/mol. The van der Waals surface area contributed by atoms with E-state index in [2.05, 4.69) is 25.9 Å². The zero-order chi connectivity index (χ0) is 15.9. The van der Waals surface area contributed by atoms with Gasteiger partial charge in [-0.05, 0) is 49.2 Å². The highest BCUT2D eigenvalue weighted by molar-refractivity contribution is 9.10. The first kappa shape index (κ1) is 15.1. The molecule has 0 atom stereocenters. The number of fused-ring (bicyclic) bond motifs is 1. The Bertz CT molecular complexity index is 876. The Morgan fingerprint density at radius 3 is 2.73 bits per heavy atom. The molecule has 0 unspecified atom stereocenters. The fourth-order valence-corrected chi connectivity index (χ4v) is 3.23. The van der Waals surface area contributed by atoms with E-state index in [1.54, 1.807) is 6.21 Å². The van der Waals surface area contributed by atoms with Crippen LogP contribution < -0.4 is 0 Å². The SMILES string of the molecule is Cc1cc(C)c(N=Cc2c(O)[nH]c3ccc(Br)cc23)c(Cl)c1. The van der Waals surface area contributed by atoms with Gasteiger partial charge in [-0.3, -0.25) is 4.99 Å². The van der Waals surface area contributed by atoms with Gasteiger partial charge in [0.25, 0.3) is 0 Å². The molecule has 2 N–H and O–H groups in total. The topological polar surface area (TPSA) is 48.4 Å². The number of aromatic amines is 1. The van der Waals surface area contributed by atoms with E-state index in [9.17, 15) is 5.11 Å². The molecule has 2 aromatic carbocycles. The third kappa shape index (κ3) is 2.76. The lowest BCUT2D eigenvalue weighted by atomic mass is 10.1. The van der Waals surface area contributed by atoms with Crippen LogP contribution in [-0.4, -0.2) is 16.3 Å². The van der Waals surface area contributed by atoms with Gasteiger partial charge in [-0.15, -0.1) is 0 Å². The zero-order valence-electron chi connectivity index (χ0n) is 12.1. The molecule has 3 nitrogen and oxygen atoms in total. The summed E-state index contributed by atoms with van der Waals surface area (Å²) in [6.45, 7) is 3.96. The van der Waals surface area contributed by atoms with E-state index in [0.717, 1.165) is 32.2 Å². The summed E-state index contributed by atoms with van der Waals surface area (Å²) in [6, 6.07) is 9.68. The van der Waals surface area contributed by atoms with Gasteiger partial charge in [0.05, 0.1) is 16.3 Å². The Kier molecular flexibility index (Phi) is 3.98. The smallest absolute Gasteiger partial charge is 0.198 e. The second-order valence-corrected chi connectivity index (χ2v) is 6.57. The van der Waals surface area contributed by atoms with Gasteiger partial charge in [-0.2, -0.15) is 0 Å². The van der Waals surface area contributed by atoms with Crippen LogP contribution in [0.1, 0.15) is 16.7 Å². The Balaban J connectivity index is 2.10. The van der Waals surface area contributed by atoms with E-state index in [4.69, 9.17) is 11.6 Å². The summed E-state index contributed by atoms with van der Waals surface area (Å²) in [7, 11) is 0. The molecule has 0 radical (unpaired) electrons. The fourth-order valence-electron chi connectivity index (χ4n) is 2.50. The molecule has 22 heavy (non-hydrogen) atoms. The Morgan fingerprint density at radius 1 is 1.23 bits per heavy atom. The quantitative estimate of drug-likeness (QED) is 0.556. The van der Waals surface area contributed by atoms with Crippen molar-refractivity contribution in [1.29, 1.82) is 0 Å². The number of aliphatic imine (C=N–C) groups is 1. The number of aryl methyl sites for hydroxylation is 2. The van der Waals surface area contributed by atoms with Crippen LogP contribution in [0.15, 0.2) is 39.8 Å². The first-order chi connectivity index (χ1) is 10.5. The molecule has 5 heteroatoms. The number of rotatable bonds is 2. The van der Waals surface area contributed by atoms with Crippen molar-refractivity contribution in [3.8, 4) is 5.88 Å². The van der Waals surface area contributed by atoms with Gasteiger partial charge in [0.15, 0.2) is 5.88 Å². The van der Waals surface area contributed by atoms with Crippen LogP contribution in [0.25, 0.3) is 10.9 Å². The third-order valence-corrected chi connectivity index (χ3v) is 4.28. The van der Waals surface area contributed by atoms with E-state index >= 15 is 0 Å². The number of halogens is 2. The molecular formula is C17H14BrClN2O. The predicted octanol–water partition coefficient (Wildman–Crippen LogP) is 5.66. The summed E-state index contributed by atoms with van der Waals surface area (Å²) in [4.78, 5) is 7.42. The summed E-state index contributed by atoms with van der Waals surface area (Å²) in [5.74, 6) is 0.0951. The van der Waals surface area contributed by atoms with Crippen molar-refractivity contribution in [3.05, 3.63) is 56.5 Å². The van der Waals surface area contributed by atoms with Gasteiger partial charge in [0.1, 0.15) is 0 Å². The molecule has 0 saturated carbocycles. The number of hydrogen-bond donors (Lipinski definition) is 2. The molecule has 3 rings (SSSR count). The number of H-pyrrole nitrogens is 1. The highest BCUT2D eigenvalue weighted by Gasteiger charge is 2.10. The molecule has 1 aromatic heterocycles. The minimum Gasteiger partial charge on any atom is -0.494 e. The molecule has 0 bridgehead atoms. The lowest BCUT2D eigenvalue weighted by Crippen LogP contribution is -1.83. The van der Waals surface area contributed by atoms with Crippen molar-refractivity contribution in [2.45, 2.75) is 13.8 Å². The van der Waals surface area contributed by atoms with Crippen molar-refractivity contribution in [3.63, 3.8) is 0 Å². The molecule has 1 heterocycles. The highest BCUT2D eigenvalue weighted by atomic mass is 79.9. The molecule has 0 aliphatic rings. The second-order valence-electron chi connectivity index (χ2n) is 5.25. The van der Waals surface area contributed by atoms with E-state index in [0.29, 0.717) is 10.6 Å². The minimum absolute atomic E-state index is 0.0951. The maximum atomic E-state index is 10.1. The van der Waals surface area contributed by atoms with Crippen LogP contribution in [0.3, 0.4) is 0 Å². The Labute approximate surface area is 141 Å². The first-order valence-electron chi connectivity index (χ1n) is 6.76. The molecule has 112 valence electrons. The Morgan fingerprint density at radius 2 is 2.00 bits per heavy atom.